The van der Waals surface area contributed by atoms with E-state index in [1.165, 1.54) is 38.5 Å². The molecule has 1 unspecified atom stereocenters. The molecule has 1 aliphatic heterocycles. The quantitative estimate of drug-likeness (QED) is 0.916. The summed E-state index contributed by atoms with van der Waals surface area (Å²) in [6.07, 6.45) is 9.14. The van der Waals surface area contributed by atoms with Crippen molar-refractivity contribution in [2.75, 3.05) is 6.61 Å². The minimum absolute atomic E-state index is 0.190. The molecular formula is C17H25NO2. The van der Waals surface area contributed by atoms with Gasteiger partial charge in [-0.25, -0.2) is 0 Å². The van der Waals surface area contributed by atoms with Gasteiger partial charge in [0.05, 0.1) is 11.7 Å². The molecule has 0 aromatic heterocycles. The Labute approximate surface area is 121 Å². The average molecular weight is 275 g/mol. The number of hydrogen-bond donors (Lipinski definition) is 1. The third-order valence-electron chi connectivity index (χ3n) is 4.70. The third kappa shape index (κ3) is 3.15. The van der Waals surface area contributed by atoms with Gasteiger partial charge in [0.2, 0.25) is 0 Å². The molecule has 1 atom stereocenters. The summed E-state index contributed by atoms with van der Waals surface area (Å²) in [4.78, 5) is 0. The van der Waals surface area contributed by atoms with Crippen LogP contribution in [0.15, 0.2) is 24.3 Å². The Bertz CT molecular complexity index is 423. The molecule has 3 rings (SSSR count). The molecule has 0 amide bonds. The molecule has 1 aromatic rings. The van der Waals surface area contributed by atoms with Gasteiger partial charge in [0, 0.05) is 6.54 Å². The number of nitrogens with two attached hydrogens (primary N) is 1. The lowest BCUT2D eigenvalue weighted by Gasteiger charge is -2.33. The van der Waals surface area contributed by atoms with Crippen LogP contribution >= 0.6 is 0 Å². The zero-order valence-corrected chi connectivity index (χ0v) is 12.1. The maximum atomic E-state index is 6.31. The van der Waals surface area contributed by atoms with Crippen molar-refractivity contribution in [3.8, 4) is 5.75 Å². The molecule has 1 saturated carbocycles. The highest BCUT2D eigenvalue weighted by atomic mass is 16.6. The van der Waals surface area contributed by atoms with Crippen molar-refractivity contribution < 1.29 is 9.47 Å². The van der Waals surface area contributed by atoms with E-state index in [9.17, 15) is 0 Å². The summed E-state index contributed by atoms with van der Waals surface area (Å²) in [6, 6.07) is 8.03. The highest BCUT2D eigenvalue weighted by Gasteiger charge is 2.40. The van der Waals surface area contributed by atoms with E-state index in [1.54, 1.807) is 0 Å². The molecule has 1 saturated heterocycles. The van der Waals surface area contributed by atoms with Crippen LogP contribution in [-0.2, 0) is 11.3 Å². The first-order valence-corrected chi connectivity index (χ1v) is 7.89. The third-order valence-corrected chi connectivity index (χ3v) is 4.70. The first-order valence-electron chi connectivity index (χ1n) is 7.89. The molecule has 3 heteroatoms. The summed E-state index contributed by atoms with van der Waals surface area (Å²) in [5, 5.41) is 0. The van der Waals surface area contributed by atoms with Gasteiger partial charge in [0.15, 0.2) is 0 Å². The fourth-order valence-corrected chi connectivity index (χ4v) is 3.49. The van der Waals surface area contributed by atoms with E-state index < -0.39 is 0 Å². The predicted octanol–water partition coefficient (Wildman–Crippen LogP) is 3.41. The Morgan fingerprint density at radius 3 is 2.55 bits per heavy atom. The van der Waals surface area contributed by atoms with Crippen LogP contribution in [0.5, 0.6) is 5.75 Å². The SMILES string of the molecule is NCc1ccc(OCC2CCC3(CCCCC3)O2)cc1. The van der Waals surface area contributed by atoms with E-state index >= 15 is 0 Å². The van der Waals surface area contributed by atoms with Crippen molar-refractivity contribution in [2.24, 2.45) is 5.73 Å². The van der Waals surface area contributed by atoms with Crippen LogP contribution in [0.2, 0.25) is 0 Å². The van der Waals surface area contributed by atoms with Crippen molar-refractivity contribution in [2.45, 2.75) is 63.2 Å². The Morgan fingerprint density at radius 2 is 1.85 bits per heavy atom. The van der Waals surface area contributed by atoms with Gasteiger partial charge in [-0.3, -0.25) is 0 Å². The second-order valence-electron chi connectivity index (χ2n) is 6.18. The van der Waals surface area contributed by atoms with Gasteiger partial charge in [0.1, 0.15) is 12.4 Å². The Kier molecular flexibility index (Phi) is 4.27. The topological polar surface area (TPSA) is 44.5 Å². The summed E-state index contributed by atoms with van der Waals surface area (Å²) in [5.74, 6) is 0.912. The van der Waals surface area contributed by atoms with Crippen LogP contribution < -0.4 is 10.5 Å². The van der Waals surface area contributed by atoms with E-state index in [4.69, 9.17) is 15.2 Å². The molecule has 0 bridgehead atoms. The van der Waals surface area contributed by atoms with Gasteiger partial charge in [-0.15, -0.1) is 0 Å². The number of ether oxygens (including phenoxy) is 2. The molecule has 3 nitrogen and oxygen atoms in total. The maximum absolute atomic E-state index is 6.31. The molecule has 1 heterocycles. The van der Waals surface area contributed by atoms with Crippen LogP contribution in [0.3, 0.4) is 0 Å². The molecule has 20 heavy (non-hydrogen) atoms. The number of benzene rings is 1. The normalized spacial score (nSPS) is 24.9. The molecule has 1 aromatic carbocycles. The summed E-state index contributed by atoms with van der Waals surface area (Å²) >= 11 is 0. The van der Waals surface area contributed by atoms with Gasteiger partial charge in [-0.2, -0.15) is 0 Å². The monoisotopic (exact) mass is 275 g/mol. The van der Waals surface area contributed by atoms with Gasteiger partial charge in [0.25, 0.3) is 0 Å². The second-order valence-corrected chi connectivity index (χ2v) is 6.18. The fraction of sp³-hybridized carbons (Fsp3) is 0.647. The smallest absolute Gasteiger partial charge is 0.119 e. The summed E-state index contributed by atoms with van der Waals surface area (Å²) < 4.78 is 12.2. The van der Waals surface area contributed by atoms with Crippen molar-refractivity contribution in [3.63, 3.8) is 0 Å². The Morgan fingerprint density at radius 1 is 1.10 bits per heavy atom. The summed E-state index contributed by atoms with van der Waals surface area (Å²) in [6.45, 7) is 1.25. The van der Waals surface area contributed by atoms with E-state index in [1.807, 2.05) is 24.3 Å². The summed E-state index contributed by atoms with van der Waals surface area (Å²) in [7, 11) is 0. The number of hydrogen-bond acceptors (Lipinski definition) is 3. The zero-order valence-electron chi connectivity index (χ0n) is 12.1. The maximum Gasteiger partial charge on any atom is 0.119 e. The molecule has 2 N–H and O–H groups in total. The zero-order chi connectivity index (χ0) is 13.8. The molecule has 0 radical (unpaired) electrons. The van der Waals surface area contributed by atoms with Crippen LogP contribution in [0.25, 0.3) is 0 Å². The molecular weight excluding hydrogens is 250 g/mol. The van der Waals surface area contributed by atoms with E-state index in [0.29, 0.717) is 13.2 Å². The van der Waals surface area contributed by atoms with E-state index in [2.05, 4.69) is 0 Å². The molecule has 2 fully saturated rings. The first-order chi connectivity index (χ1) is 9.80. The minimum Gasteiger partial charge on any atom is -0.491 e. The van der Waals surface area contributed by atoms with Crippen LogP contribution in [-0.4, -0.2) is 18.3 Å². The molecule has 2 aliphatic rings. The second kappa shape index (κ2) is 6.15. The highest BCUT2D eigenvalue weighted by Crippen LogP contribution is 2.41. The van der Waals surface area contributed by atoms with Gasteiger partial charge in [-0.05, 0) is 43.4 Å². The lowest BCUT2D eigenvalue weighted by molar-refractivity contribution is -0.0748. The van der Waals surface area contributed by atoms with Gasteiger partial charge >= 0.3 is 0 Å². The molecule has 1 aliphatic carbocycles. The van der Waals surface area contributed by atoms with Crippen LogP contribution in [0, 0.1) is 0 Å². The predicted molar refractivity (Wildman–Crippen MR) is 79.8 cm³/mol. The van der Waals surface area contributed by atoms with Crippen molar-refractivity contribution in [3.05, 3.63) is 29.8 Å². The highest BCUT2D eigenvalue weighted by molar-refractivity contribution is 5.27. The molecule has 110 valence electrons. The standard InChI is InChI=1S/C17H25NO2/c18-12-14-4-6-15(7-5-14)19-13-16-8-11-17(20-16)9-2-1-3-10-17/h4-7,16H,1-3,8-13,18H2. The van der Waals surface area contributed by atoms with E-state index in [0.717, 1.165) is 17.7 Å². The van der Waals surface area contributed by atoms with E-state index in [-0.39, 0.29) is 11.7 Å². The lowest BCUT2D eigenvalue weighted by Crippen LogP contribution is -2.32. The lowest BCUT2D eigenvalue weighted by atomic mass is 9.83. The largest absolute Gasteiger partial charge is 0.491 e. The van der Waals surface area contributed by atoms with Gasteiger partial charge < -0.3 is 15.2 Å². The summed E-state index contributed by atoms with van der Waals surface area (Å²) in [5.41, 5.74) is 6.92. The fourth-order valence-electron chi connectivity index (χ4n) is 3.49. The Balaban J connectivity index is 1.49. The van der Waals surface area contributed by atoms with Crippen LogP contribution in [0.1, 0.15) is 50.5 Å². The number of rotatable bonds is 4. The van der Waals surface area contributed by atoms with Gasteiger partial charge in [-0.1, -0.05) is 31.4 Å². The average Bonchev–Trinajstić information content (AvgIpc) is 2.89. The molecule has 1 spiro atoms. The van der Waals surface area contributed by atoms with Crippen LogP contribution in [0.4, 0.5) is 0 Å². The van der Waals surface area contributed by atoms with Crippen molar-refractivity contribution >= 4 is 0 Å². The first kappa shape index (κ1) is 13.9. The van der Waals surface area contributed by atoms with Crippen molar-refractivity contribution in [1.82, 2.24) is 0 Å². The Hall–Kier alpha value is -1.06. The minimum atomic E-state index is 0.190. The van der Waals surface area contributed by atoms with Crippen molar-refractivity contribution in [1.29, 1.82) is 0 Å².